The van der Waals surface area contributed by atoms with E-state index in [2.05, 4.69) is 0 Å². The molecule has 2 rings (SSSR count). The topological polar surface area (TPSA) is 224 Å². The molecule has 0 aromatic heterocycles. The van der Waals surface area contributed by atoms with Crippen molar-refractivity contribution < 1.29 is 59.4 Å². The lowest BCUT2D eigenvalue weighted by Crippen LogP contribution is -2.10. The Morgan fingerprint density at radius 1 is 0.545 bits per heavy atom. The Morgan fingerprint density at radius 3 is 1.15 bits per heavy atom. The van der Waals surface area contributed by atoms with Crippen molar-refractivity contribution in [3.63, 3.8) is 0 Å². The second-order valence-corrected chi connectivity index (χ2v) is 6.01. The van der Waals surface area contributed by atoms with Crippen molar-refractivity contribution in [1.82, 2.24) is 0 Å². The van der Waals surface area contributed by atoms with Gasteiger partial charge in [-0.2, -0.15) is 0 Å². The summed E-state index contributed by atoms with van der Waals surface area (Å²) in [5.74, 6) is -7.04. The van der Waals surface area contributed by atoms with Crippen LogP contribution in [0.5, 0.6) is 0 Å². The van der Waals surface area contributed by atoms with Crippen LogP contribution in [0.1, 0.15) is 71.6 Å². The van der Waals surface area contributed by atoms with E-state index in [9.17, 15) is 28.8 Å². The number of benzene rings is 2. The minimum Gasteiger partial charge on any atom is -0.481 e. The van der Waals surface area contributed by atoms with E-state index in [-0.39, 0.29) is 16.7 Å². The largest absolute Gasteiger partial charge is 0.481 e. The minimum absolute atomic E-state index is 0.0833. The predicted molar refractivity (Wildman–Crippen MR) is 110 cm³/mol. The van der Waals surface area contributed by atoms with E-state index in [1.165, 1.54) is 24.3 Å². The summed E-state index contributed by atoms with van der Waals surface area (Å²) in [4.78, 5) is 62.0. The smallest absolute Gasteiger partial charge is 0.336 e. The molecule has 0 spiro atoms. The fourth-order valence-electron chi connectivity index (χ4n) is 2.01. The van der Waals surface area contributed by atoms with Gasteiger partial charge in [0.2, 0.25) is 0 Å². The third-order valence-electron chi connectivity index (χ3n) is 3.57. The monoisotopic (exact) mass is 464 g/mol. The Hall–Kier alpha value is -4.74. The summed E-state index contributed by atoms with van der Waals surface area (Å²) >= 11 is 0. The molecular formula is C21H20O12. The van der Waals surface area contributed by atoms with Crippen LogP contribution in [0.4, 0.5) is 0 Å². The van der Waals surface area contributed by atoms with Gasteiger partial charge >= 0.3 is 35.8 Å². The summed E-state index contributed by atoms with van der Waals surface area (Å²) in [6, 6.07) is 7.83. The Kier molecular flexibility index (Phi) is 11.6. The average Bonchev–Trinajstić information content (AvgIpc) is 2.73. The maximum absolute atomic E-state index is 10.6. The SMILES string of the molecule is CCCC(=O)O.O=C(O)c1ccc(C(=O)O)c(C(=O)O)c1.O=C(O)c1ccc(C(=O)O)cc1. The van der Waals surface area contributed by atoms with Gasteiger partial charge < -0.3 is 30.6 Å². The van der Waals surface area contributed by atoms with Crippen molar-refractivity contribution in [2.75, 3.05) is 0 Å². The van der Waals surface area contributed by atoms with Crippen LogP contribution in [-0.4, -0.2) is 66.5 Å². The van der Waals surface area contributed by atoms with Gasteiger partial charge in [0.15, 0.2) is 0 Å². The summed E-state index contributed by atoms with van der Waals surface area (Å²) in [6.45, 7) is 1.84. The second kappa shape index (κ2) is 13.5. The third-order valence-corrected chi connectivity index (χ3v) is 3.57. The van der Waals surface area contributed by atoms with Crippen LogP contribution in [0.2, 0.25) is 0 Å². The highest BCUT2D eigenvalue weighted by Crippen LogP contribution is 2.12. The zero-order chi connectivity index (χ0) is 25.7. The molecule has 6 N–H and O–H groups in total. The number of carbonyl (C=O) groups is 6. The quantitative estimate of drug-likeness (QED) is 0.348. The Balaban J connectivity index is 0.000000509. The molecule has 12 heteroatoms. The normalized spacial score (nSPS) is 9.24. The highest BCUT2D eigenvalue weighted by molar-refractivity contribution is 6.03. The number of aromatic carboxylic acids is 5. The van der Waals surface area contributed by atoms with E-state index < -0.39 is 46.9 Å². The van der Waals surface area contributed by atoms with E-state index in [1.807, 2.05) is 6.92 Å². The summed E-state index contributed by atoms with van der Waals surface area (Å²) in [5.41, 5.74) is -1.08. The van der Waals surface area contributed by atoms with Crippen LogP contribution in [0, 0.1) is 0 Å². The van der Waals surface area contributed by atoms with Crippen LogP contribution < -0.4 is 0 Å². The van der Waals surface area contributed by atoms with E-state index >= 15 is 0 Å². The molecule has 0 aliphatic carbocycles. The summed E-state index contributed by atoms with van der Waals surface area (Å²) in [7, 11) is 0. The Morgan fingerprint density at radius 2 is 0.909 bits per heavy atom. The van der Waals surface area contributed by atoms with Crippen molar-refractivity contribution in [1.29, 1.82) is 0 Å². The van der Waals surface area contributed by atoms with Gasteiger partial charge in [-0.1, -0.05) is 6.92 Å². The molecule has 0 aliphatic rings. The van der Waals surface area contributed by atoms with Gasteiger partial charge in [0.1, 0.15) is 0 Å². The molecule has 0 amide bonds. The lowest BCUT2D eigenvalue weighted by molar-refractivity contribution is -0.137. The third kappa shape index (κ3) is 10.2. The first-order valence-electron chi connectivity index (χ1n) is 8.94. The van der Waals surface area contributed by atoms with E-state index in [0.29, 0.717) is 6.42 Å². The van der Waals surface area contributed by atoms with Crippen LogP contribution in [0.25, 0.3) is 0 Å². The first-order valence-corrected chi connectivity index (χ1v) is 8.94. The number of carboxylic acids is 6. The predicted octanol–water partition coefficient (Wildman–Crippen LogP) is 2.74. The van der Waals surface area contributed by atoms with Gasteiger partial charge in [0.05, 0.1) is 27.8 Å². The van der Waals surface area contributed by atoms with E-state index in [1.54, 1.807) is 0 Å². The van der Waals surface area contributed by atoms with Crippen LogP contribution in [0.15, 0.2) is 42.5 Å². The molecule has 2 aromatic carbocycles. The van der Waals surface area contributed by atoms with E-state index in [4.69, 9.17) is 30.6 Å². The van der Waals surface area contributed by atoms with Crippen LogP contribution in [-0.2, 0) is 4.79 Å². The molecule has 12 nitrogen and oxygen atoms in total. The molecule has 0 heterocycles. The standard InChI is InChI=1S/C9H6O6.C8H6O4.C4H8O2/c10-7(11)4-1-2-5(8(12)13)6(3-4)9(14)15;9-7(10)5-1-2-6(4-3-5)8(11)12;1-2-3-4(5)6/h1-3H,(H,10,11)(H,12,13)(H,14,15);1-4H,(H,9,10)(H,11,12);2-3H2,1H3,(H,5,6). The number of rotatable bonds is 7. The summed E-state index contributed by atoms with van der Waals surface area (Å²) in [5, 5.41) is 50.7. The molecule has 0 unspecified atom stereocenters. The molecule has 0 atom stereocenters. The maximum Gasteiger partial charge on any atom is 0.336 e. The Labute approximate surface area is 186 Å². The number of hydrogen-bond acceptors (Lipinski definition) is 6. The molecule has 33 heavy (non-hydrogen) atoms. The molecule has 0 fully saturated rings. The molecule has 0 saturated carbocycles. The van der Waals surface area contributed by atoms with Gasteiger partial charge in [-0.25, -0.2) is 24.0 Å². The molecule has 2 aromatic rings. The van der Waals surface area contributed by atoms with Gasteiger partial charge in [0, 0.05) is 6.42 Å². The average molecular weight is 464 g/mol. The van der Waals surface area contributed by atoms with Gasteiger partial charge in [-0.05, 0) is 48.9 Å². The zero-order valence-electron chi connectivity index (χ0n) is 17.1. The summed E-state index contributed by atoms with van der Waals surface area (Å²) < 4.78 is 0. The number of carboxylic acid groups (broad SMARTS) is 6. The van der Waals surface area contributed by atoms with Crippen molar-refractivity contribution >= 4 is 35.8 Å². The zero-order valence-corrected chi connectivity index (χ0v) is 17.1. The minimum atomic E-state index is -1.48. The van der Waals surface area contributed by atoms with Crippen LogP contribution in [0.3, 0.4) is 0 Å². The lowest BCUT2D eigenvalue weighted by Gasteiger charge is -2.02. The van der Waals surface area contributed by atoms with Crippen molar-refractivity contribution in [3.8, 4) is 0 Å². The number of hydrogen-bond donors (Lipinski definition) is 6. The second-order valence-electron chi connectivity index (χ2n) is 6.01. The first kappa shape index (κ1) is 28.3. The molecular weight excluding hydrogens is 444 g/mol. The van der Waals surface area contributed by atoms with Crippen molar-refractivity contribution in [3.05, 3.63) is 70.3 Å². The molecule has 0 radical (unpaired) electrons. The fraction of sp³-hybridized carbons (Fsp3) is 0.143. The van der Waals surface area contributed by atoms with Gasteiger partial charge in [-0.15, -0.1) is 0 Å². The molecule has 0 aliphatic heterocycles. The summed E-state index contributed by atoms with van der Waals surface area (Å²) in [6.07, 6.45) is 1.02. The molecule has 0 bridgehead atoms. The first-order chi connectivity index (χ1) is 15.3. The van der Waals surface area contributed by atoms with Gasteiger partial charge in [-0.3, -0.25) is 4.79 Å². The van der Waals surface area contributed by atoms with E-state index in [0.717, 1.165) is 24.6 Å². The highest BCUT2D eigenvalue weighted by atomic mass is 16.4. The van der Waals surface area contributed by atoms with Crippen molar-refractivity contribution in [2.24, 2.45) is 0 Å². The Bertz CT molecular complexity index is 1000. The van der Waals surface area contributed by atoms with Gasteiger partial charge in [0.25, 0.3) is 0 Å². The van der Waals surface area contributed by atoms with Crippen molar-refractivity contribution in [2.45, 2.75) is 19.8 Å². The highest BCUT2D eigenvalue weighted by Gasteiger charge is 2.18. The number of aliphatic carboxylic acids is 1. The maximum atomic E-state index is 10.6. The lowest BCUT2D eigenvalue weighted by atomic mass is 10.0. The fourth-order valence-corrected chi connectivity index (χ4v) is 2.01. The van der Waals surface area contributed by atoms with Crippen LogP contribution >= 0.6 is 0 Å². The molecule has 176 valence electrons. The molecule has 0 saturated heterocycles.